The summed E-state index contributed by atoms with van der Waals surface area (Å²) in [5, 5.41) is 12.6. The molecule has 11 heteroatoms. The molecule has 176 valence electrons. The lowest BCUT2D eigenvalue weighted by Crippen LogP contribution is -2.52. The zero-order chi connectivity index (χ0) is 24.6. The number of nitrogens with zero attached hydrogens (tertiary/aromatic N) is 3. The minimum Gasteiger partial charge on any atom is -0.292 e. The Bertz CT molecular complexity index is 1130. The van der Waals surface area contributed by atoms with E-state index in [9.17, 15) is 29.3 Å². The maximum atomic E-state index is 13.4. The summed E-state index contributed by atoms with van der Waals surface area (Å²) in [6.07, 6.45) is 0.821. The van der Waals surface area contributed by atoms with Crippen LogP contribution >= 0.6 is 31.9 Å². The van der Waals surface area contributed by atoms with E-state index in [4.69, 9.17) is 0 Å². The number of amides is 3. The molecule has 2 aliphatic rings. The van der Waals surface area contributed by atoms with Crippen molar-refractivity contribution >= 4 is 61.1 Å². The molecule has 0 radical (unpaired) electrons. The van der Waals surface area contributed by atoms with Gasteiger partial charge in [0.15, 0.2) is 5.78 Å². The third-order valence-electron chi connectivity index (χ3n) is 6.08. The van der Waals surface area contributed by atoms with Crippen molar-refractivity contribution < 1.29 is 24.1 Å². The zero-order valence-corrected chi connectivity index (χ0v) is 20.8. The molecule has 0 N–H and O–H groups in total. The molecule has 34 heavy (non-hydrogen) atoms. The average Bonchev–Trinajstić information content (AvgIpc) is 3.07. The van der Waals surface area contributed by atoms with Crippen LogP contribution in [0.1, 0.15) is 33.6 Å². The monoisotopic (exact) mass is 591 g/mol. The van der Waals surface area contributed by atoms with E-state index in [-0.39, 0.29) is 20.9 Å². The molecule has 1 aliphatic carbocycles. The van der Waals surface area contributed by atoms with Crippen LogP contribution in [0.5, 0.6) is 0 Å². The van der Waals surface area contributed by atoms with Crippen LogP contribution in [0.3, 0.4) is 0 Å². The van der Waals surface area contributed by atoms with E-state index in [0.717, 1.165) is 22.2 Å². The van der Waals surface area contributed by atoms with E-state index >= 15 is 0 Å². The first-order valence-corrected chi connectivity index (χ1v) is 12.3. The second kappa shape index (κ2) is 9.75. The van der Waals surface area contributed by atoms with Crippen molar-refractivity contribution in [1.82, 2.24) is 10.0 Å². The van der Waals surface area contributed by atoms with E-state index in [1.165, 1.54) is 12.1 Å². The van der Waals surface area contributed by atoms with Crippen LogP contribution in [-0.2, 0) is 9.59 Å². The summed E-state index contributed by atoms with van der Waals surface area (Å²) in [6.45, 7) is -0.535. The highest BCUT2D eigenvalue weighted by Gasteiger charge is 2.54. The van der Waals surface area contributed by atoms with Gasteiger partial charge in [-0.15, -0.1) is 0 Å². The summed E-state index contributed by atoms with van der Waals surface area (Å²) >= 11 is 7.06. The Morgan fingerprint density at radius 1 is 0.912 bits per heavy atom. The minimum absolute atomic E-state index is 0.0127. The van der Waals surface area contributed by atoms with E-state index in [2.05, 4.69) is 31.9 Å². The van der Waals surface area contributed by atoms with Crippen molar-refractivity contribution in [2.45, 2.75) is 22.5 Å². The number of non-ortho nitro benzene ring substituents is 1. The lowest BCUT2D eigenvalue weighted by Gasteiger charge is -2.30. The van der Waals surface area contributed by atoms with Gasteiger partial charge in [-0.3, -0.25) is 29.3 Å². The smallest absolute Gasteiger partial charge is 0.273 e. The molecule has 3 amide bonds. The van der Waals surface area contributed by atoms with Crippen LogP contribution < -0.4 is 0 Å². The van der Waals surface area contributed by atoms with E-state index in [0.29, 0.717) is 18.4 Å². The van der Waals surface area contributed by atoms with Crippen molar-refractivity contribution in [3.63, 3.8) is 0 Å². The number of nitro groups is 1. The lowest BCUT2D eigenvalue weighted by atomic mass is 9.81. The maximum absolute atomic E-state index is 13.4. The number of imide groups is 1. The fraction of sp³-hybridized carbons (Fsp3) is 0.304. The molecule has 1 saturated carbocycles. The number of carbonyl (C=O) groups excluding carboxylic acids is 4. The molecule has 4 rings (SSSR count). The highest BCUT2D eigenvalue weighted by Crippen LogP contribution is 2.43. The summed E-state index contributed by atoms with van der Waals surface area (Å²) in [7, 11) is 0. The predicted molar refractivity (Wildman–Crippen MR) is 128 cm³/mol. The van der Waals surface area contributed by atoms with Crippen LogP contribution in [-0.4, -0.2) is 54.6 Å². The molecular weight excluding hydrogens is 574 g/mol. The number of ketones is 1. The maximum Gasteiger partial charge on any atom is 0.273 e. The number of alkyl halides is 2. The second-order valence-corrected chi connectivity index (χ2v) is 10.5. The molecule has 0 spiro atoms. The number of rotatable bonds is 6. The Morgan fingerprint density at radius 2 is 1.44 bits per heavy atom. The third kappa shape index (κ3) is 4.54. The molecule has 9 nitrogen and oxygen atoms in total. The number of Topliss-reactive ketones (excluding diaryl/α,β-unsaturated/α-hetero) is 1. The molecule has 0 bridgehead atoms. The van der Waals surface area contributed by atoms with Gasteiger partial charge in [0, 0.05) is 32.9 Å². The molecule has 2 aromatic rings. The number of hydrogen-bond donors (Lipinski definition) is 0. The molecule has 0 aromatic heterocycles. The summed E-state index contributed by atoms with van der Waals surface area (Å²) in [5.74, 6) is -3.51. The largest absolute Gasteiger partial charge is 0.292 e. The van der Waals surface area contributed by atoms with Crippen LogP contribution in [0.4, 0.5) is 5.69 Å². The fourth-order valence-corrected chi connectivity index (χ4v) is 5.51. The summed E-state index contributed by atoms with van der Waals surface area (Å²) in [4.78, 5) is 63.4. The van der Waals surface area contributed by atoms with Gasteiger partial charge in [0.1, 0.15) is 6.54 Å². The molecule has 1 heterocycles. The first-order chi connectivity index (χ1) is 16.2. The van der Waals surface area contributed by atoms with Crippen molar-refractivity contribution in [3.05, 3.63) is 75.8 Å². The molecular formula is C23H19Br2N3O6. The summed E-state index contributed by atoms with van der Waals surface area (Å²) in [6, 6.07) is 13.0. The van der Waals surface area contributed by atoms with Crippen molar-refractivity contribution in [2.75, 3.05) is 6.54 Å². The minimum atomic E-state index is -0.773. The summed E-state index contributed by atoms with van der Waals surface area (Å²) in [5.41, 5.74) is 0.120. The van der Waals surface area contributed by atoms with Gasteiger partial charge < -0.3 is 0 Å². The molecule has 1 aliphatic heterocycles. The number of carbonyl (C=O) groups is 4. The molecule has 1 saturated heterocycles. The van der Waals surface area contributed by atoms with Crippen LogP contribution in [0, 0.1) is 22.0 Å². The SMILES string of the molecule is O=C(CN(C(=O)c1ccc([N+](=O)[O-])cc1)N1C(=O)[C@H]2C[C@@H](Br)[C@@H](Br)C[C@H]2C1=O)c1ccccc1. The number of fused-ring (bicyclic) bond motifs is 1. The number of hydrogen-bond acceptors (Lipinski definition) is 6. The van der Waals surface area contributed by atoms with Crippen molar-refractivity contribution in [3.8, 4) is 0 Å². The van der Waals surface area contributed by atoms with Crippen LogP contribution in [0.15, 0.2) is 54.6 Å². The normalized spacial score (nSPS) is 24.0. The molecule has 0 unspecified atom stereocenters. The van der Waals surface area contributed by atoms with Crippen LogP contribution in [0.25, 0.3) is 0 Å². The van der Waals surface area contributed by atoms with Gasteiger partial charge in [-0.1, -0.05) is 62.2 Å². The topological polar surface area (TPSA) is 118 Å². The van der Waals surface area contributed by atoms with Gasteiger partial charge in [0.05, 0.1) is 16.8 Å². The first kappa shape index (κ1) is 24.2. The van der Waals surface area contributed by atoms with Gasteiger partial charge in [-0.2, -0.15) is 5.01 Å². The Labute approximate surface area is 211 Å². The van der Waals surface area contributed by atoms with Gasteiger partial charge in [0.25, 0.3) is 23.4 Å². The second-order valence-electron chi connectivity index (χ2n) is 8.16. The first-order valence-electron chi connectivity index (χ1n) is 10.5. The number of hydrazine groups is 1. The van der Waals surface area contributed by atoms with Gasteiger partial charge >= 0.3 is 0 Å². The third-order valence-corrected chi connectivity index (χ3v) is 8.81. The Balaban J connectivity index is 1.69. The van der Waals surface area contributed by atoms with Gasteiger partial charge in [0.2, 0.25) is 0 Å². The van der Waals surface area contributed by atoms with Crippen LogP contribution in [0.2, 0.25) is 0 Å². The van der Waals surface area contributed by atoms with Gasteiger partial charge in [-0.25, -0.2) is 5.01 Å². The van der Waals surface area contributed by atoms with E-state index in [1.807, 2.05) is 0 Å². The number of halogens is 2. The van der Waals surface area contributed by atoms with Crippen molar-refractivity contribution in [1.29, 1.82) is 0 Å². The van der Waals surface area contributed by atoms with E-state index in [1.54, 1.807) is 30.3 Å². The highest BCUT2D eigenvalue weighted by molar-refractivity contribution is 9.12. The number of benzene rings is 2. The zero-order valence-electron chi connectivity index (χ0n) is 17.7. The molecule has 2 fully saturated rings. The van der Waals surface area contributed by atoms with E-state index < -0.39 is 46.8 Å². The molecule has 2 aromatic carbocycles. The summed E-state index contributed by atoms with van der Waals surface area (Å²) < 4.78 is 0. The Kier molecular flexibility index (Phi) is 6.94. The quantitative estimate of drug-likeness (QED) is 0.166. The number of nitro benzene ring substituents is 1. The Hall–Kier alpha value is -2.92. The highest BCUT2D eigenvalue weighted by atomic mass is 79.9. The standard InChI is InChI=1S/C23H19Br2N3O6/c24-18-10-16-17(11-19(18)25)23(32)27(22(16)31)26(12-20(29)13-4-2-1-3-5-13)21(30)14-6-8-15(9-7-14)28(33)34/h1-9,16-19H,10-12H2/t16-,17+,18+,19-. The average molecular weight is 593 g/mol. The van der Waals surface area contributed by atoms with Crippen molar-refractivity contribution in [2.24, 2.45) is 11.8 Å². The fourth-order valence-electron chi connectivity index (χ4n) is 4.28. The Morgan fingerprint density at radius 3 is 1.94 bits per heavy atom. The van der Waals surface area contributed by atoms with Gasteiger partial charge in [-0.05, 0) is 25.0 Å². The lowest BCUT2D eigenvalue weighted by molar-refractivity contribution is -0.384. The molecule has 4 atom stereocenters. The predicted octanol–water partition coefficient (Wildman–Crippen LogP) is 3.76.